The fraction of sp³-hybridized carbons (Fsp3) is 0.353. The summed E-state index contributed by atoms with van der Waals surface area (Å²) >= 11 is 1.52. The molecule has 0 N–H and O–H groups in total. The van der Waals surface area contributed by atoms with Crippen molar-refractivity contribution in [1.82, 2.24) is 14.8 Å². The smallest absolute Gasteiger partial charge is 0.280 e. The number of ether oxygens (including phenoxy) is 1. The van der Waals surface area contributed by atoms with E-state index < -0.39 is 0 Å². The first-order valence-corrected chi connectivity index (χ1v) is 8.81. The largest absolute Gasteiger partial charge is 0.376 e. The van der Waals surface area contributed by atoms with E-state index in [4.69, 9.17) is 4.74 Å². The summed E-state index contributed by atoms with van der Waals surface area (Å²) in [6, 6.07) is 9.65. The Labute approximate surface area is 143 Å². The molecule has 1 atom stereocenters. The van der Waals surface area contributed by atoms with Crippen molar-refractivity contribution in [3.8, 4) is 0 Å². The summed E-state index contributed by atoms with van der Waals surface area (Å²) in [4.78, 5) is 19.3. The second-order valence-corrected chi connectivity index (χ2v) is 6.90. The third kappa shape index (κ3) is 2.92. The number of thiazole rings is 1. The molecule has 0 aliphatic carbocycles. The van der Waals surface area contributed by atoms with Gasteiger partial charge in [0.1, 0.15) is 0 Å². The summed E-state index contributed by atoms with van der Waals surface area (Å²) in [6.07, 6.45) is 3.84. The number of rotatable bonds is 4. The van der Waals surface area contributed by atoms with E-state index in [0.717, 1.165) is 29.7 Å². The number of carbonyl (C=O) groups excluding carboxylic acids is 1. The molecule has 24 heavy (non-hydrogen) atoms. The van der Waals surface area contributed by atoms with Crippen LogP contribution in [0.1, 0.15) is 23.3 Å². The van der Waals surface area contributed by atoms with E-state index in [2.05, 4.69) is 10.1 Å². The zero-order valence-corrected chi connectivity index (χ0v) is 14.2. The van der Waals surface area contributed by atoms with Crippen LogP contribution in [0.25, 0.3) is 10.2 Å². The van der Waals surface area contributed by atoms with Gasteiger partial charge in [0.25, 0.3) is 5.91 Å². The molecule has 1 amide bonds. The summed E-state index contributed by atoms with van der Waals surface area (Å²) in [5.41, 5.74) is 1.33. The fourth-order valence-electron chi connectivity index (χ4n) is 2.88. The highest BCUT2D eigenvalue weighted by atomic mass is 32.1. The monoisotopic (exact) mass is 342 g/mol. The quantitative estimate of drug-likeness (QED) is 0.731. The lowest BCUT2D eigenvalue weighted by molar-refractivity contribution is 0.0913. The van der Waals surface area contributed by atoms with Crippen LogP contribution in [-0.2, 0) is 11.8 Å². The van der Waals surface area contributed by atoms with Gasteiger partial charge in [0.15, 0.2) is 10.8 Å². The minimum atomic E-state index is -0.134. The van der Waals surface area contributed by atoms with Crippen molar-refractivity contribution in [2.45, 2.75) is 18.9 Å². The summed E-state index contributed by atoms with van der Waals surface area (Å²) in [5, 5.41) is 4.94. The molecule has 1 aliphatic rings. The van der Waals surface area contributed by atoms with Crippen LogP contribution >= 0.6 is 11.3 Å². The second-order valence-electron chi connectivity index (χ2n) is 5.89. The molecule has 3 heterocycles. The fourth-order valence-corrected chi connectivity index (χ4v) is 3.86. The van der Waals surface area contributed by atoms with Gasteiger partial charge < -0.3 is 4.74 Å². The predicted molar refractivity (Wildman–Crippen MR) is 93.5 cm³/mol. The SMILES string of the molecule is Cn1ccc(C(=O)N(CC2CCCO2)c2nc3ccccc3s2)n1. The van der Waals surface area contributed by atoms with Gasteiger partial charge in [0.2, 0.25) is 0 Å². The number of amides is 1. The van der Waals surface area contributed by atoms with Crippen molar-refractivity contribution in [2.75, 3.05) is 18.1 Å². The van der Waals surface area contributed by atoms with Gasteiger partial charge in [0, 0.05) is 19.9 Å². The predicted octanol–water partition coefficient (Wildman–Crippen LogP) is 2.86. The second kappa shape index (κ2) is 6.33. The molecule has 1 fully saturated rings. The average Bonchev–Trinajstić information content (AvgIpc) is 3.32. The summed E-state index contributed by atoms with van der Waals surface area (Å²) < 4.78 is 8.43. The molecule has 6 nitrogen and oxygen atoms in total. The van der Waals surface area contributed by atoms with Crippen LogP contribution in [0.4, 0.5) is 5.13 Å². The molecule has 0 spiro atoms. The lowest BCUT2D eigenvalue weighted by Gasteiger charge is -2.22. The van der Waals surface area contributed by atoms with Crippen LogP contribution in [0.15, 0.2) is 36.5 Å². The van der Waals surface area contributed by atoms with E-state index in [1.54, 1.807) is 28.9 Å². The maximum absolute atomic E-state index is 13.0. The molecule has 0 saturated carbocycles. The van der Waals surface area contributed by atoms with Gasteiger partial charge in [-0.25, -0.2) is 4.98 Å². The Morgan fingerprint density at radius 2 is 2.29 bits per heavy atom. The first-order chi connectivity index (χ1) is 11.7. The van der Waals surface area contributed by atoms with Crippen molar-refractivity contribution >= 4 is 32.6 Å². The Balaban J connectivity index is 1.69. The van der Waals surface area contributed by atoms with Crippen LogP contribution in [0.2, 0.25) is 0 Å². The summed E-state index contributed by atoms with van der Waals surface area (Å²) in [6.45, 7) is 1.27. The van der Waals surface area contributed by atoms with E-state index in [1.165, 1.54) is 11.3 Å². The Bertz CT molecular complexity index is 833. The Hall–Kier alpha value is -2.25. The number of para-hydroxylation sites is 1. The zero-order valence-electron chi connectivity index (χ0n) is 13.4. The van der Waals surface area contributed by atoms with E-state index in [-0.39, 0.29) is 12.0 Å². The minimum Gasteiger partial charge on any atom is -0.376 e. The Kier molecular flexibility index (Phi) is 4.03. The maximum atomic E-state index is 13.0. The van der Waals surface area contributed by atoms with Gasteiger partial charge in [0.05, 0.1) is 22.9 Å². The van der Waals surface area contributed by atoms with E-state index >= 15 is 0 Å². The van der Waals surface area contributed by atoms with Crippen LogP contribution in [-0.4, -0.2) is 39.9 Å². The van der Waals surface area contributed by atoms with E-state index in [0.29, 0.717) is 17.4 Å². The van der Waals surface area contributed by atoms with Crippen LogP contribution in [0, 0.1) is 0 Å². The molecule has 1 aromatic carbocycles. The molecule has 1 aliphatic heterocycles. The molecule has 3 aromatic rings. The first kappa shape index (κ1) is 15.3. The maximum Gasteiger partial charge on any atom is 0.280 e. The highest BCUT2D eigenvalue weighted by molar-refractivity contribution is 7.22. The number of aromatic nitrogens is 3. The van der Waals surface area contributed by atoms with Gasteiger partial charge in [-0.2, -0.15) is 5.10 Å². The van der Waals surface area contributed by atoms with Gasteiger partial charge >= 0.3 is 0 Å². The Morgan fingerprint density at radius 3 is 3.00 bits per heavy atom. The van der Waals surface area contributed by atoms with Crippen molar-refractivity contribution < 1.29 is 9.53 Å². The summed E-state index contributed by atoms with van der Waals surface area (Å²) in [7, 11) is 1.80. The van der Waals surface area contributed by atoms with Gasteiger partial charge in [-0.05, 0) is 31.0 Å². The van der Waals surface area contributed by atoms with E-state index in [9.17, 15) is 4.79 Å². The molecule has 1 saturated heterocycles. The van der Waals surface area contributed by atoms with Crippen LogP contribution < -0.4 is 4.90 Å². The normalized spacial score (nSPS) is 17.5. The van der Waals surface area contributed by atoms with Crippen molar-refractivity contribution in [3.63, 3.8) is 0 Å². The molecule has 124 valence electrons. The number of benzene rings is 1. The van der Waals surface area contributed by atoms with Crippen molar-refractivity contribution in [1.29, 1.82) is 0 Å². The topological polar surface area (TPSA) is 60.2 Å². The Morgan fingerprint density at radius 1 is 1.42 bits per heavy atom. The van der Waals surface area contributed by atoms with Gasteiger partial charge in [-0.15, -0.1) is 0 Å². The number of aryl methyl sites for hydroxylation is 1. The lowest BCUT2D eigenvalue weighted by Crippen LogP contribution is -2.37. The third-order valence-electron chi connectivity index (χ3n) is 4.10. The standard InChI is InChI=1S/C17H18N4O2S/c1-20-9-8-14(19-20)16(22)21(11-12-5-4-10-23-12)17-18-13-6-2-3-7-15(13)24-17/h2-3,6-9,12H,4-5,10-11H2,1H3. The molecular formula is C17H18N4O2S. The van der Waals surface area contributed by atoms with Gasteiger partial charge in [-0.1, -0.05) is 23.5 Å². The highest BCUT2D eigenvalue weighted by Crippen LogP contribution is 2.30. The first-order valence-electron chi connectivity index (χ1n) is 7.99. The molecular weight excluding hydrogens is 324 g/mol. The highest BCUT2D eigenvalue weighted by Gasteiger charge is 2.28. The number of hydrogen-bond donors (Lipinski definition) is 0. The number of anilines is 1. The molecule has 0 radical (unpaired) electrons. The third-order valence-corrected chi connectivity index (χ3v) is 5.16. The molecule has 1 unspecified atom stereocenters. The van der Waals surface area contributed by atoms with Gasteiger partial charge in [-0.3, -0.25) is 14.4 Å². The molecule has 7 heteroatoms. The van der Waals surface area contributed by atoms with Crippen LogP contribution in [0.3, 0.4) is 0 Å². The minimum absolute atomic E-state index is 0.0599. The van der Waals surface area contributed by atoms with Crippen LogP contribution in [0.5, 0.6) is 0 Å². The molecule has 0 bridgehead atoms. The van der Waals surface area contributed by atoms with Crippen molar-refractivity contribution in [2.24, 2.45) is 7.05 Å². The number of hydrogen-bond acceptors (Lipinski definition) is 5. The average molecular weight is 342 g/mol. The zero-order chi connectivity index (χ0) is 16.5. The number of fused-ring (bicyclic) bond motifs is 1. The molecule has 2 aromatic heterocycles. The summed E-state index contributed by atoms with van der Waals surface area (Å²) in [5.74, 6) is -0.134. The lowest BCUT2D eigenvalue weighted by atomic mass is 10.2. The number of carbonyl (C=O) groups is 1. The van der Waals surface area contributed by atoms with E-state index in [1.807, 2.05) is 24.3 Å². The van der Waals surface area contributed by atoms with Crippen molar-refractivity contribution in [3.05, 3.63) is 42.2 Å². The number of nitrogens with zero attached hydrogens (tertiary/aromatic N) is 4. The molecule has 4 rings (SSSR count).